The number of carbonyl (C=O) groups is 6. The normalized spacial score (nSPS) is 21.8. The number of morpholine rings is 1. The molecule has 0 aromatic heterocycles. The van der Waals surface area contributed by atoms with Crippen LogP contribution in [0.4, 0.5) is 35.9 Å². The average molecular weight is 1260 g/mol. The van der Waals surface area contributed by atoms with Gasteiger partial charge >= 0.3 is 0 Å². The lowest BCUT2D eigenvalue weighted by Crippen LogP contribution is -2.62. The van der Waals surface area contributed by atoms with Crippen LogP contribution in [0.1, 0.15) is 84.8 Å². The van der Waals surface area contributed by atoms with Gasteiger partial charge in [0.25, 0.3) is 11.8 Å². The Morgan fingerprint density at radius 3 is 2.16 bits per heavy atom. The van der Waals surface area contributed by atoms with Crippen LogP contribution in [0, 0.1) is 23.4 Å². The summed E-state index contributed by atoms with van der Waals surface area (Å²) in [6, 6.07) is 23.6. The first-order valence-electron chi connectivity index (χ1n) is 28.8. The van der Waals surface area contributed by atoms with Crippen LogP contribution in [-0.2, 0) is 51.8 Å². The van der Waals surface area contributed by atoms with Crippen molar-refractivity contribution in [3.8, 4) is 0 Å². The van der Waals surface area contributed by atoms with Crippen LogP contribution in [0.3, 0.4) is 0 Å². The van der Waals surface area contributed by atoms with E-state index < -0.39 is 64.5 Å². The number of benzene rings is 5. The van der Waals surface area contributed by atoms with E-state index in [1.165, 1.54) is 23.1 Å². The Bertz CT molecular complexity index is 3270. The Morgan fingerprint density at radius 2 is 1.47 bits per heavy atom. The minimum Gasteiger partial charge on any atom is -0.381 e. The Hall–Kier alpha value is -6.66. The van der Waals surface area contributed by atoms with Gasteiger partial charge in [0, 0.05) is 93.2 Å². The van der Waals surface area contributed by atoms with Crippen LogP contribution in [0.25, 0.3) is 0 Å². The standard InChI is InChI=1S/C63H73F3N10O8.3ClH/c1-37-31-74(48(30-68-37)33-73-23-26-84-35-38(73)2)34-54(77)76-36-63(4,50-20-11-41(28-53(50)76)27-40-9-15-45(64)16-10-40)62(82)70-46-17-12-43(13-18-46)59(79)69-47-19-14-44-32-75(57(49(44)29-47)60(80)72-56-51(65)7-6-8-52(56)66)61(81)55(42-21-24-83-25-22-42)71-58(78)39(3)67-5;;;/h6-20,28-29,37-39,42,48,55,57,67-68H,21-27,30-36H2,1-5H3,(H,69,79)(H,70,82)(H,71,78)(H,72,80);3*1H/t37-,38?,39?,48-,55?,57?,63?;;;/m1.../s1. The molecule has 24 heteroatoms. The molecule has 0 bridgehead atoms. The molecule has 5 aliphatic rings. The third-order valence-corrected chi connectivity index (χ3v) is 17.2. The van der Waals surface area contributed by atoms with E-state index in [0.717, 1.165) is 49.0 Å². The molecular weight excluding hydrogens is 1190 g/mol. The zero-order valence-corrected chi connectivity index (χ0v) is 51.6. The Morgan fingerprint density at radius 1 is 0.782 bits per heavy atom. The van der Waals surface area contributed by atoms with E-state index in [2.05, 4.69) is 55.5 Å². The van der Waals surface area contributed by atoms with Gasteiger partial charge < -0.3 is 51.2 Å². The molecule has 18 nitrogen and oxygen atoms in total. The van der Waals surface area contributed by atoms with Crippen LogP contribution in [0.5, 0.6) is 0 Å². The average Bonchev–Trinajstić information content (AvgIpc) is 1.81. The van der Waals surface area contributed by atoms with Gasteiger partial charge in [-0.15, -0.1) is 37.2 Å². The summed E-state index contributed by atoms with van der Waals surface area (Å²) in [5, 5.41) is 17.6. The number of ether oxygens (including phenoxy) is 2. The first-order chi connectivity index (χ1) is 40.4. The van der Waals surface area contributed by atoms with Crippen molar-refractivity contribution in [2.75, 3.05) is 93.6 Å². The molecule has 6 amide bonds. The van der Waals surface area contributed by atoms with Crippen LogP contribution in [0.2, 0.25) is 0 Å². The van der Waals surface area contributed by atoms with E-state index in [-0.39, 0.29) is 110 Å². The predicted molar refractivity (Wildman–Crippen MR) is 334 cm³/mol. The number of amides is 6. The number of halogens is 6. The topological polar surface area (TPSA) is 206 Å². The highest BCUT2D eigenvalue weighted by molar-refractivity contribution is 6.08. The quantitative estimate of drug-likeness (QED) is 0.0540. The molecule has 5 unspecified atom stereocenters. The highest BCUT2D eigenvalue weighted by atomic mass is 35.5. The summed E-state index contributed by atoms with van der Waals surface area (Å²) < 4.78 is 55.2. The fraction of sp³-hybridized carbons (Fsp3) is 0.429. The van der Waals surface area contributed by atoms with Gasteiger partial charge in [0.1, 0.15) is 35.2 Å². The van der Waals surface area contributed by atoms with Crippen molar-refractivity contribution < 1.29 is 51.4 Å². The second-order valence-corrected chi connectivity index (χ2v) is 23.1. The number of nitrogens with zero attached hydrogens (tertiary/aromatic N) is 4. The molecule has 5 aromatic rings. The molecule has 87 heavy (non-hydrogen) atoms. The van der Waals surface area contributed by atoms with Crippen LogP contribution < -0.4 is 36.8 Å². The zero-order chi connectivity index (χ0) is 59.4. The van der Waals surface area contributed by atoms with E-state index in [4.69, 9.17) is 9.47 Å². The Balaban J connectivity index is 0.00000360. The van der Waals surface area contributed by atoms with Gasteiger partial charge in [-0.2, -0.15) is 0 Å². The van der Waals surface area contributed by atoms with Gasteiger partial charge in [0.05, 0.1) is 31.2 Å². The smallest absolute Gasteiger partial charge is 0.255 e. The molecule has 3 saturated heterocycles. The van der Waals surface area contributed by atoms with Crippen molar-refractivity contribution >= 4 is 95.4 Å². The minimum absolute atomic E-state index is 0. The lowest BCUT2D eigenvalue weighted by Gasteiger charge is -2.43. The second-order valence-electron chi connectivity index (χ2n) is 23.1. The second kappa shape index (κ2) is 29.6. The largest absolute Gasteiger partial charge is 0.381 e. The Labute approximate surface area is 523 Å². The van der Waals surface area contributed by atoms with E-state index in [1.54, 1.807) is 67.4 Å². The Kier molecular flexibility index (Phi) is 23.1. The maximum Gasteiger partial charge on any atom is 0.255 e. The number of hydrogen-bond acceptors (Lipinski definition) is 12. The third-order valence-electron chi connectivity index (χ3n) is 17.2. The predicted octanol–water partition coefficient (Wildman–Crippen LogP) is 7.38. The molecule has 7 atom stereocenters. The molecule has 5 aromatic carbocycles. The highest BCUT2D eigenvalue weighted by Gasteiger charge is 2.48. The number of nitrogens with one attached hydrogen (secondary N) is 6. The van der Waals surface area contributed by atoms with Crippen molar-refractivity contribution in [1.82, 2.24) is 30.7 Å². The maximum atomic E-state index is 15.0. The summed E-state index contributed by atoms with van der Waals surface area (Å²) in [7, 11) is 1.61. The molecule has 0 saturated carbocycles. The molecule has 468 valence electrons. The fourth-order valence-corrected chi connectivity index (χ4v) is 12.1. The molecule has 6 N–H and O–H groups in total. The molecule has 0 radical (unpaired) electrons. The summed E-state index contributed by atoms with van der Waals surface area (Å²) in [6.07, 6.45) is 1.39. The summed E-state index contributed by atoms with van der Waals surface area (Å²) >= 11 is 0. The highest BCUT2D eigenvalue weighted by Crippen LogP contribution is 2.43. The summed E-state index contributed by atoms with van der Waals surface area (Å²) in [6.45, 7) is 12.8. The van der Waals surface area contributed by atoms with Gasteiger partial charge in [0.15, 0.2) is 0 Å². The molecule has 0 spiro atoms. The molecular formula is C63H76Cl3F3N10O8. The zero-order valence-electron chi connectivity index (χ0n) is 49.2. The van der Waals surface area contributed by atoms with Gasteiger partial charge in [0.2, 0.25) is 23.6 Å². The van der Waals surface area contributed by atoms with Crippen molar-refractivity contribution in [2.45, 2.75) is 95.2 Å². The van der Waals surface area contributed by atoms with Gasteiger partial charge in [-0.05, 0) is 154 Å². The monoisotopic (exact) mass is 1260 g/mol. The van der Waals surface area contributed by atoms with E-state index in [9.17, 15) is 33.2 Å². The number of hydrogen-bond donors (Lipinski definition) is 6. The number of para-hydroxylation sites is 1. The van der Waals surface area contributed by atoms with Crippen LogP contribution >= 0.6 is 37.2 Å². The fourth-order valence-electron chi connectivity index (χ4n) is 12.1. The lowest BCUT2D eigenvalue weighted by atomic mass is 9.83. The summed E-state index contributed by atoms with van der Waals surface area (Å²) in [4.78, 5) is 93.7. The van der Waals surface area contributed by atoms with Gasteiger partial charge in [-0.1, -0.05) is 36.4 Å². The van der Waals surface area contributed by atoms with Gasteiger partial charge in [-0.3, -0.25) is 38.6 Å². The minimum atomic E-state index is -1.44. The van der Waals surface area contributed by atoms with Crippen molar-refractivity contribution in [2.24, 2.45) is 5.92 Å². The SMILES string of the molecule is CNC(C)C(=O)NC(C(=O)N1Cc2ccc(NC(=O)c3ccc(NC(=O)C4(C)CN(C(=O)CN5C[C@@H](C)NC[C@@H]5CN5CCOCC5C)c5cc(Cc6ccc(F)cc6)ccc54)cc3)cc2C1C(=O)Nc1c(F)cccc1F)C1CCOCC1.Cl.Cl.Cl. The van der Waals surface area contributed by atoms with Gasteiger partial charge in [-0.25, -0.2) is 13.2 Å². The van der Waals surface area contributed by atoms with E-state index >= 15 is 8.78 Å². The van der Waals surface area contributed by atoms with E-state index in [0.29, 0.717) is 80.3 Å². The molecule has 3 fully saturated rings. The number of rotatable bonds is 17. The van der Waals surface area contributed by atoms with Crippen LogP contribution in [0.15, 0.2) is 103 Å². The number of likely N-dealkylation sites (N-methyl/N-ethyl adjacent to an activating group) is 1. The number of anilines is 4. The van der Waals surface area contributed by atoms with Crippen LogP contribution in [-0.4, -0.2) is 153 Å². The maximum absolute atomic E-state index is 15.0. The number of fused-ring (bicyclic) bond motifs is 2. The summed E-state index contributed by atoms with van der Waals surface area (Å²) in [5.74, 6) is -5.70. The number of carbonyl (C=O) groups excluding carboxylic acids is 6. The molecule has 10 rings (SSSR count). The molecule has 5 aliphatic heterocycles. The van der Waals surface area contributed by atoms with E-state index in [1.807, 2.05) is 25.1 Å². The first kappa shape index (κ1) is 67.8. The molecule has 0 aliphatic carbocycles. The summed E-state index contributed by atoms with van der Waals surface area (Å²) in [5.41, 5.74) is 2.86. The third kappa shape index (κ3) is 15.3. The van der Waals surface area contributed by atoms with Crippen molar-refractivity contribution in [1.29, 1.82) is 0 Å². The lowest BCUT2D eigenvalue weighted by molar-refractivity contribution is -0.144. The van der Waals surface area contributed by atoms with Crippen molar-refractivity contribution in [3.63, 3.8) is 0 Å². The first-order valence-corrected chi connectivity index (χ1v) is 28.8. The molecule has 5 heterocycles. The van der Waals surface area contributed by atoms with Crippen molar-refractivity contribution in [3.05, 3.63) is 154 Å². The number of piperazine rings is 1.